The van der Waals surface area contributed by atoms with Gasteiger partial charge in [-0.15, -0.1) is 0 Å². The summed E-state index contributed by atoms with van der Waals surface area (Å²) in [4.78, 5) is 18.0. The summed E-state index contributed by atoms with van der Waals surface area (Å²) >= 11 is 0. The Morgan fingerprint density at radius 2 is 1.82 bits per heavy atom. The van der Waals surface area contributed by atoms with Crippen LogP contribution in [0, 0.1) is 0 Å². The maximum Gasteiger partial charge on any atom is 0.416 e. The first-order valence-corrected chi connectivity index (χ1v) is 8.95. The summed E-state index contributed by atoms with van der Waals surface area (Å²) in [5.41, 5.74) is 0.992. The van der Waals surface area contributed by atoms with Crippen LogP contribution >= 0.6 is 0 Å². The van der Waals surface area contributed by atoms with Crippen molar-refractivity contribution in [3.8, 4) is 5.69 Å². The Labute approximate surface area is 160 Å². The number of benzene rings is 2. The number of alkyl halides is 3. The molecule has 0 spiro atoms. The molecule has 0 aliphatic heterocycles. The van der Waals surface area contributed by atoms with Crippen LogP contribution in [0.4, 0.5) is 13.2 Å². The molecule has 0 bridgehead atoms. The SMILES string of the molecule is CCN(CC)C(=O)C=Cc1cc(C(F)(F)F)cc2ncn(-c3ccccc3)c12. The second kappa shape index (κ2) is 7.88. The molecule has 0 atom stereocenters. The average molecular weight is 387 g/mol. The molecule has 0 aliphatic carbocycles. The molecule has 4 nitrogen and oxygen atoms in total. The van der Waals surface area contributed by atoms with Crippen LogP contribution in [-0.4, -0.2) is 33.4 Å². The molecule has 0 radical (unpaired) electrons. The average Bonchev–Trinajstić information content (AvgIpc) is 3.11. The van der Waals surface area contributed by atoms with Crippen molar-refractivity contribution in [3.63, 3.8) is 0 Å². The number of imidazole rings is 1. The second-order valence-corrected chi connectivity index (χ2v) is 6.22. The molecular weight excluding hydrogens is 367 g/mol. The van der Waals surface area contributed by atoms with Crippen LogP contribution in [0.1, 0.15) is 25.0 Å². The summed E-state index contributed by atoms with van der Waals surface area (Å²) in [6.45, 7) is 4.75. The van der Waals surface area contributed by atoms with Crippen molar-refractivity contribution in [1.29, 1.82) is 0 Å². The highest BCUT2D eigenvalue weighted by Gasteiger charge is 2.32. The molecule has 7 heteroatoms. The highest BCUT2D eigenvalue weighted by molar-refractivity contribution is 5.95. The fraction of sp³-hybridized carbons (Fsp3) is 0.238. The number of hydrogen-bond acceptors (Lipinski definition) is 2. The van der Waals surface area contributed by atoms with Gasteiger partial charge >= 0.3 is 6.18 Å². The summed E-state index contributed by atoms with van der Waals surface area (Å²) in [6.07, 6.45) is -0.274. The van der Waals surface area contributed by atoms with Crippen molar-refractivity contribution >= 4 is 23.0 Å². The first-order valence-electron chi connectivity index (χ1n) is 8.95. The lowest BCUT2D eigenvalue weighted by Gasteiger charge is -2.16. The Morgan fingerprint density at radius 1 is 1.14 bits per heavy atom. The standard InChI is InChI=1S/C21H20F3N3O/c1-3-26(4-2)19(28)11-10-15-12-16(21(22,23)24)13-18-20(15)27(14-25-18)17-8-6-5-7-9-17/h5-14H,3-4H2,1-2H3. The Bertz CT molecular complexity index is 1000. The number of hydrogen-bond donors (Lipinski definition) is 0. The number of rotatable bonds is 5. The molecule has 1 aromatic heterocycles. The van der Waals surface area contributed by atoms with Gasteiger partial charge in [-0.1, -0.05) is 18.2 Å². The number of halogens is 3. The van der Waals surface area contributed by atoms with Gasteiger partial charge in [0.2, 0.25) is 5.91 Å². The van der Waals surface area contributed by atoms with Gasteiger partial charge in [0.1, 0.15) is 6.33 Å². The van der Waals surface area contributed by atoms with Gasteiger partial charge in [-0.05, 0) is 44.2 Å². The Morgan fingerprint density at radius 3 is 2.43 bits per heavy atom. The third-order valence-electron chi connectivity index (χ3n) is 4.51. The quantitative estimate of drug-likeness (QED) is 0.583. The van der Waals surface area contributed by atoms with Gasteiger partial charge in [0.15, 0.2) is 0 Å². The fourth-order valence-electron chi connectivity index (χ4n) is 3.06. The van der Waals surface area contributed by atoms with Crippen LogP contribution in [0.3, 0.4) is 0 Å². The van der Waals surface area contributed by atoms with Gasteiger partial charge in [-0.3, -0.25) is 9.36 Å². The van der Waals surface area contributed by atoms with E-state index in [4.69, 9.17) is 0 Å². The van der Waals surface area contributed by atoms with Crippen molar-refractivity contribution in [2.24, 2.45) is 0 Å². The minimum Gasteiger partial charge on any atom is -0.340 e. The zero-order valence-corrected chi connectivity index (χ0v) is 15.6. The van der Waals surface area contributed by atoms with E-state index in [1.165, 1.54) is 18.5 Å². The minimum atomic E-state index is -4.50. The molecule has 0 fully saturated rings. The lowest BCUT2D eigenvalue weighted by atomic mass is 10.1. The minimum absolute atomic E-state index is 0.216. The summed E-state index contributed by atoms with van der Waals surface area (Å²) in [5.74, 6) is -0.249. The number of para-hydroxylation sites is 1. The zero-order valence-electron chi connectivity index (χ0n) is 15.6. The number of carbonyl (C=O) groups is 1. The summed E-state index contributed by atoms with van der Waals surface area (Å²) < 4.78 is 41.7. The van der Waals surface area contributed by atoms with Gasteiger partial charge in [0.25, 0.3) is 0 Å². The van der Waals surface area contributed by atoms with Crippen LogP contribution in [-0.2, 0) is 11.0 Å². The topological polar surface area (TPSA) is 38.1 Å². The van der Waals surface area contributed by atoms with E-state index >= 15 is 0 Å². The molecule has 0 saturated carbocycles. The molecule has 0 unspecified atom stereocenters. The van der Waals surface area contributed by atoms with Crippen molar-refractivity contribution in [3.05, 3.63) is 66.0 Å². The van der Waals surface area contributed by atoms with Gasteiger partial charge in [0, 0.05) is 30.4 Å². The van der Waals surface area contributed by atoms with E-state index in [1.54, 1.807) is 9.47 Å². The van der Waals surface area contributed by atoms with E-state index in [1.807, 2.05) is 44.2 Å². The lowest BCUT2D eigenvalue weighted by molar-refractivity contribution is -0.137. The zero-order chi connectivity index (χ0) is 20.3. The summed E-state index contributed by atoms with van der Waals surface area (Å²) in [6, 6.07) is 11.3. The van der Waals surface area contributed by atoms with Crippen molar-refractivity contribution in [1.82, 2.24) is 14.5 Å². The molecule has 1 amide bonds. The fourth-order valence-corrected chi connectivity index (χ4v) is 3.06. The highest BCUT2D eigenvalue weighted by atomic mass is 19.4. The number of carbonyl (C=O) groups excluding carboxylic acids is 1. The van der Waals surface area contributed by atoms with Crippen LogP contribution in [0.15, 0.2) is 54.9 Å². The largest absolute Gasteiger partial charge is 0.416 e. The first-order chi connectivity index (χ1) is 13.3. The Balaban J connectivity index is 2.17. The summed E-state index contributed by atoms with van der Waals surface area (Å²) in [7, 11) is 0. The van der Waals surface area contributed by atoms with E-state index in [2.05, 4.69) is 4.98 Å². The van der Waals surface area contributed by atoms with E-state index in [0.29, 0.717) is 18.6 Å². The maximum atomic E-state index is 13.3. The highest BCUT2D eigenvalue weighted by Crippen LogP contribution is 2.34. The number of amides is 1. The third-order valence-corrected chi connectivity index (χ3v) is 4.51. The van der Waals surface area contributed by atoms with E-state index in [-0.39, 0.29) is 17.0 Å². The van der Waals surface area contributed by atoms with E-state index in [9.17, 15) is 18.0 Å². The normalized spacial score (nSPS) is 12.0. The Kier molecular flexibility index (Phi) is 5.53. The lowest BCUT2D eigenvalue weighted by Crippen LogP contribution is -2.28. The number of fused-ring (bicyclic) bond motifs is 1. The molecular formula is C21H20F3N3O. The predicted molar refractivity (Wildman–Crippen MR) is 103 cm³/mol. The van der Waals surface area contributed by atoms with Gasteiger partial charge in [-0.2, -0.15) is 13.2 Å². The predicted octanol–water partition coefficient (Wildman–Crippen LogP) is 4.93. The molecule has 3 rings (SSSR count). The van der Waals surface area contributed by atoms with Crippen molar-refractivity contribution in [2.45, 2.75) is 20.0 Å². The number of aromatic nitrogens is 2. The molecule has 0 N–H and O–H groups in total. The summed E-state index contributed by atoms with van der Waals surface area (Å²) in [5, 5.41) is 0. The second-order valence-electron chi connectivity index (χ2n) is 6.22. The van der Waals surface area contributed by atoms with E-state index < -0.39 is 11.7 Å². The van der Waals surface area contributed by atoms with Gasteiger partial charge in [0.05, 0.1) is 16.6 Å². The molecule has 28 heavy (non-hydrogen) atoms. The number of likely N-dealkylation sites (N-methyl/N-ethyl adjacent to an activating group) is 1. The first kappa shape index (κ1) is 19.7. The van der Waals surface area contributed by atoms with Crippen LogP contribution in [0.25, 0.3) is 22.8 Å². The smallest absolute Gasteiger partial charge is 0.340 e. The molecule has 2 aromatic carbocycles. The van der Waals surface area contributed by atoms with Crippen LogP contribution < -0.4 is 0 Å². The molecule has 0 aliphatic rings. The number of nitrogens with zero attached hydrogens (tertiary/aromatic N) is 3. The van der Waals surface area contributed by atoms with Crippen molar-refractivity contribution < 1.29 is 18.0 Å². The molecule has 146 valence electrons. The third kappa shape index (κ3) is 3.93. The van der Waals surface area contributed by atoms with Gasteiger partial charge < -0.3 is 4.90 Å². The molecule has 0 saturated heterocycles. The van der Waals surface area contributed by atoms with E-state index in [0.717, 1.165) is 17.8 Å². The van der Waals surface area contributed by atoms with Crippen molar-refractivity contribution in [2.75, 3.05) is 13.1 Å². The van der Waals surface area contributed by atoms with Gasteiger partial charge in [-0.25, -0.2) is 4.98 Å². The van der Waals surface area contributed by atoms with Crippen LogP contribution in [0.5, 0.6) is 0 Å². The Hall–Kier alpha value is -3.09. The van der Waals surface area contributed by atoms with Crippen LogP contribution in [0.2, 0.25) is 0 Å². The maximum absolute atomic E-state index is 13.3. The molecule has 1 heterocycles. The monoisotopic (exact) mass is 387 g/mol. The molecule has 3 aromatic rings.